The fourth-order valence-electron chi connectivity index (χ4n) is 2.53. The van der Waals surface area contributed by atoms with Gasteiger partial charge < -0.3 is 26.4 Å². The third-order valence-corrected chi connectivity index (χ3v) is 4.75. The lowest BCUT2D eigenvalue weighted by Crippen LogP contribution is -2.35. The molecule has 1 saturated heterocycles. The molecule has 1 aliphatic rings. The van der Waals surface area contributed by atoms with Gasteiger partial charge in [-0.2, -0.15) is 0 Å². The molecule has 3 rings (SSSR count). The number of carbonyl (C=O) groups excluding carboxylic acids is 2. The van der Waals surface area contributed by atoms with E-state index in [4.69, 9.17) is 10.5 Å². The van der Waals surface area contributed by atoms with E-state index in [0.29, 0.717) is 35.2 Å². The summed E-state index contributed by atoms with van der Waals surface area (Å²) in [5, 5.41) is 10.7. The third-order valence-electron chi connectivity index (χ3n) is 3.87. The Balaban J connectivity index is 0.00000261. The zero-order chi connectivity index (χ0) is 18.4. The second kappa shape index (κ2) is 10.2. The van der Waals surface area contributed by atoms with Gasteiger partial charge in [0.15, 0.2) is 0 Å². The molecule has 3 amide bonds. The molecule has 2 heterocycles. The Kier molecular flexibility index (Phi) is 7.99. The quantitative estimate of drug-likeness (QED) is 0.582. The Morgan fingerprint density at radius 3 is 2.52 bits per heavy atom. The number of anilines is 2. The molecule has 1 aliphatic heterocycles. The summed E-state index contributed by atoms with van der Waals surface area (Å²) in [6.45, 7) is 1.57. The first-order chi connectivity index (χ1) is 12.6. The summed E-state index contributed by atoms with van der Waals surface area (Å²) in [6, 6.07) is 6.57. The molecule has 2 aromatic rings. The second-order valence-corrected chi connectivity index (χ2v) is 6.77. The van der Waals surface area contributed by atoms with Gasteiger partial charge in [0, 0.05) is 36.5 Å². The molecule has 0 bridgehead atoms. The van der Waals surface area contributed by atoms with E-state index in [-0.39, 0.29) is 30.4 Å². The minimum absolute atomic E-state index is 0. The van der Waals surface area contributed by atoms with Crippen LogP contribution in [0.3, 0.4) is 0 Å². The van der Waals surface area contributed by atoms with Gasteiger partial charge in [-0.15, -0.1) is 23.7 Å². The van der Waals surface area contributed by atoms with Crippen LogP contribution in [0.2, 0.25) is 0 Å². The average molecular weight is 412 g/mol. The van der Waals surface area contributed by atoms with E-state index in [0.717, 1.165) is 19.4 Å². The Bertz CT molecular complexity index is 762. The summed E-state index contributed by atoms with van der Waals surface area (Å²) < 4.78 is 5.46. The second-order valence-electron chi connectivity index (χ2n) is 5.83. The number of aromatic nitrogens is 1. The van der Waals surface area contributed by atoms with Gasteiger partial charge >= 0.3 is 6.03 Å². The van der Waals surface area contributed by atoms with Crippen LogP contribution in [0.5, 0.6) is 0 Å². The highest BCUT2D eigenvalue weighted by molar-refractivity contribution is 7.09. The van der Waals surface area contributed by atoms with Gasteiger partial charge in [-0.1, -0.05) is 0 Å². The summed E-state index contributed by atoms with van der Waals surface area (Å²) in [4.78, 5) is 28.1. The Morgan fingerprint density at radius 1 is 1.22 bits per heavy atom. The van der Waals surface area contributed by atoms with Crippen LogP contribution in [-0.2, 0) is 11.3 Å². The molecule has 0 radical (unpaired) electrons. The smallest absolute Gasteiger partial charge is 0.319 e. The number of carbonyl (C=O) groups is 2. The minimum Gasteiger partial charge on any atom is -0.376 e. The highest BCUT2D eigenvalue weighted by Gasteiger charge is 2.16. The standard InChI is InChI=1S/C17H21N5O3S.ClH/c18-8-15-22-14(10-26-15)16(23)20-11-3-5-12(6-4-11)21-17(24)19-9-13-2-1-7-25-13;/h3-6,10,13H,1-2,7-9,18H2,(H,20,23)(H2,19,21,24);1H. The number of hydrogen-bond acceptors (Lipinski definition) is 6. The van der Waals surface area contributed by atoms with E-state index in [9.17, 15) is 9.59 Å². The predicted molar refractivity (Wildman–Crippen MR) is 108 cm³/mol. The van der Waals surface area contributed by atoms with Crippen molar-refractivity contribution in [1.29, 1.82) is 0 Å². The monoisotopic (exact) mass is 411 g/mol. The number of hydrogen-bond donors (Lipinski definition) is 4. The van der Waals surface area contributed by atoms with Gasteiger partial charge in [-0.05, 0) is 37.1 Å². The molecule has 8 nitrogen and oxygen atoms in total. The lowest BCUT2D eigenvalue weighted by molar-refractivity contribution is 0.102. The molecule has 1 unspecified atom stereocenters. The zero-order valence-electron chi connectivity index (χ0n) is 14.6. The number of thiazole rings is 1. The van der Waals surface area contributed by atoms with Gasteiger partial charge in [0.2, 0.25) is 0 Å². The molecule has 0 spiro atoms. The minimum atomic E-state index is -0.295. The summed E-state index contributed by atoms with van der Waals surface area (Å²) in [6.07, 6.45) is 2.11. The van der Waals surface area contributed by atoms with Crippen LogP contribution < -0.4 is 21.7 Å². The van der Waals surface area contributed by atoms with E-state index < -0.39 is 0 Å². The number of nitrogens with zero attached hydrogens (tertiary/aromatic N) is 1. The van der Waals surface area contributed by atoms with Crippen molar-refractivity contribution < 1.29 is 14.3 Å². The summed E-state index contributed by atoms with van der Waals surface area (Å²) in [7, 11) is 0. The zero-order valence-corrected chi connectivity index (χ0v) is 16.2. The Hall–Kier alpha value is -2.20. The van der Waals surface area contributed by atoms with Gasteiger partial charge in [-0.3, -0.25) is 4.79 Å². The lowest BCUT2D eigenvalue weighted by Gasteiger charge is -2.12. The molecule has 1 aromatic carbocycles. The number of benzene rings is 1. The molecule has 1 aromatic heterocycles. The van der Waals surface area contributed by atoms with Crippen LogP contribution in [0.4, 0.5) is 16.2 Å². The van der Waals surface area contributed by atoms with Crippen LogP contribution in [-0.4, -0.2) is 36.2 Å². The van der Waals surface area contributed by atoms with Crippen molar-refractivity contribution >= 4 is 47.1 Å². The van der Waals surface area contributed by atoms with Crippen LogP contribution >= 0.6 is 23.7 Å². The number of nitrogens with one attached hydrogen (secondary N) is 3. The van der Waals surface area contributed by atoms with Crippen LogP contribution in [0.15, 0.2) is 29.6 Å². The van der Waals surface area contributed by atoms with Crippen molar-refractivity contribution in [2.45, 2.75) is 25.5 Å². The average Bonchev–Trinajstić information content (AvgIpc) is 3.33. The molecular weight excluding hydrogens is 390 g/mol. The summed E-state index contributed by atoms with van der Waals surface area (Å²) >= 11 is 1.35. The van der Waals surface area contributed by atoms with Crippen molar-refractivity contribution in [1.82, 2.24) is 10.3 Å². The highest BCUT2D eigenvalue weighted by atomic mass is 35.5. The lowest BCUT2D eigenvalue weighted by atomic mass is 10.2. The highest BCUT2D eigenvalue weighted by Crippen LogP contribution is 2.16. The first-order valence-electron chi connectivity index (χ1n) is 8.36. The first kappa shape index (κ1) is 21.1. The number of halogens is 1. The van der Waals surface area contributed by atoms with Crippen molar-refractivity contribution in [2.75, 3.05) is 23.8 Å². The number of amides is 3. The van der Waals surface area contributed by atoms with Crippen LogP contribution in [0.25, 0.3) is 0 Å². The van der Waals surface area contributed by atoms with E-state index in [1.54, 1.807) is 29.6 Å². The van der Waals surface area contributed by atoms with E-state index in [1.807, 2.05) is 0 Å². The topological polar surface area (TPSA) is 118 Å². The van der Waals surface area contributed by atoms with Crippen LogP contribution in [0.1, 0.15) is 28.3 Å². The number of nitrogens with two attached hydrogens (primary N) is 1. The Morgan fingerprint density at radius 2 is 1.93 bits per heavy atom. The third kappa shape index (κ3) is 6.17. The number of urea groups is 1. The van der Waals surface area contributed by atoms with Gasteiger partial charge in [0.05, 0.1) is 6.10 Å². The summed E-state index contributed by atoms with van der Waals surface area (Å²) in [5.74, 6) is -0.295. The molecule has 1 atom stereocenters. The molecule has 27 heavy (non-hydrogen) atoms. The normalized spacial score (nSPS) is 15.7. The molecule has 0 saturated carbocycles. The van der Waals surface area contributed by atoms with Crippen molar-refractivity contribution in [3.05, 3.63) is 40.3 Å². The maximum absolute atomic E-state index is 12.1. The largest absolute Gasteiger partial charge is 0.376 e. The van der Waals surface area contributed by atoms with E-state index in [2.05, 4.69) is 20.9 Å². The predicted octanol–water partition coefficient (Wildman–Crippen LogP) is 2.58. The fraction of sp³-hybridized carbons (Fsp3) is 0.353. The van der Waals surface area contributed by atoms with Gasteiger partial charge in [0.1, 0.15) is 10.7 Å². The molecular formula is C17H22ClN5O3S. The van der Waals surface area contributed by atoms with Crippen molar-refractivity contribution in [3.63, 3.8) is 0 Å². The summed E-state index contributed by atoms with van der Waals surface area (Å²) in [5.41, 5.74) is 7.08. The molecule has 1 fully saturated rings. The van der Waals surface area contributed by atoms with Crippen molar-refractivity contribution in [2.24, 2.45) is 5.73 Å². The van der Waals surface area contributed by atoms with E-state index >= 15 is 0 Å². The van der Waals surface area contributed by atoms with Crippen LogP contribution in [0, 0.1) is 0 Å². The van der Waals surface area contributed by atoms with Gasteiger partial charge in [-0.25, -0.2) is 9.78 Å². The molecule has 5 N–H and O–H groups in total. The maximum atomic E-state index is 12.1. The number of rotatable bonds is 6. The first-order valence-corrected chi connectivity index (χ1v) is 9.24. The van der Waals surface area contributed by atoms with Crippen molar-refractivity contribution in [3.8, 4) is 0 Å². The molecule has 0 aliphatic carbocycles. The number of ether oxygens (including phenoxy) is 1. The Labute approximate surface area is 167 Å². The van der Waals surface area contributed by atoms with Gasteiger partial charge in [0.25, 0.3) is 5.91 Å². The molecule has 146 valence electrons. The fourth-order valence-corrected chi connectivity index (χ4v) is 3.18. The van der Waals surface area contributed by atoms with E-state index in [1.165, 1.54) is 11.3 Å². The SMILES string of the molecule is Cl.NCc1nc(C(=O)Nc2ccc(NC(=O)NCC3CCCO3)cc2)cs1. The maximum Gasteiger partial charge on any atom is 0.319 e. The molecule has 10 heteroatoms.